The van der Waals surface area contributed by atoms with Gasteiger partial charge in [-0.1, -0.05) is 11.6 Å². The van der Waals surface area contributed by atoms with Crippen molar-refractivity contribution in [1.29, 1.82) is 0 Å². The van der Waals surface area contributed by atoms with Crippen molar-refractivity contribution >= 4 is 21.6 Å². The standard InChI is InChI=1S/C16H17ClFN3O3S/c1-10-7-11(2)20-16(19-10)24-12-5-6-21(9-12)25(22,23)13-3-4-15(18)14(17)8-13/h3-4,7-8,12H,5-6,9H2,1-2H3/t12-/m1/s1. The molecule has 3 rings (SSSR count). The van der Waals surface area contributed by atoms with E-state index in [1.54, 1.807) is 0 Å². The Balaban J connectivity index is 1.74. The highest BCUT2D eigenvalue weighted by molar-refractivity contribution is 7.89. The molecule has 2 aromatic rings. The van der Waals surface area contributed by atoms with Gasteiger partial charge in [-0.15, -0.1) is 0 Å². The van der Waals surface area contributed by atoms with Crippen LogP contribution in [0.25, 0.3) is 0 Å². The molecule has 0 aliphatic carbocycles. The minimum absolute atomic E-state index is 0.0396. The summed E-state index contributed by atoms with van der Waals surface area (Å²) in [6.07, 6.45) is 0.178. The van der Waals surface area contributed by atoms with Crippen molar-refractivity contribution in [2.45, 2.75) is 31.3 Å². The van der Waals surface area contributed by atoms with E-state index in [0.29, 0.717) is 13.0 Å². The van der Waals surface area contributed by atoms with Gasteiger partial charge in [-0.2, -0.15) is 4.31 Å². The van der Waals surface area contributed by atoms with Crippen LogP contribution in [0.15, 0.2) is 29.2 Å². The van der Waals surface area contributed by atoms with Crippen molar-refractivity contribution in [3.05, 3.63) is 46.5 Å². The number of nitrogens with zero attached hydrogens (tertiary/aromatic N) is 3. The summed E-state index contributed by atoms with van der Waals surface area (Å²) >= 11 is 5.69. The molecule has 25 heavy (non-hydrogen) atoms. The van der Waals surface area contributed by atoms with Gasteiger partial charge in [-0.25, -0.2) is 22.8 Å². The smallest absolute Gasteiger partial charge is 0.317 e. The SMILES string of the molecule is Cc1cc(C)nc(O[C@@H]2CCN(S(=O)(=O)c3ccc(F)c(Cl)c3)C2)n1. The summed E-state index contributed by atoms with van der Waals surface area (Å²) in [4.78, 5) is 8.37. The number of benzene rings is 1. The Kier molecular flexibility index (Phi) is 4.95. The second-order valence-electron chi connectivity index (χ2n) is 5.90. The molecular formula is C16H17ClFN3O3S. The average molecular weight is 386 g/mol. The second kappa shape index (κ2) is 6.86. The number of hydrogen-bond acceptors (Lipinski definition) is 5. The zero-order valence-corrected chi connectivity index (χ0v) is 15.3. The van der Waals surface area contributed by atoms with Crippen LogP contribution in [0.5, 0.6) is 6.01 Å². The van der Waals surface area contributed by atoms with Crippen LogP contribution in [0, 0.1) is 19.7 Å². The van der Waals surface area contributed by atoms with E-state index in [0.717, 1.165) is 23.5 Å². The van der Waals surface area contributed by atoms with Crippen molar-refractivity contribution in [3.8, 4) is 6.01 Å². The summed E-state index contributed by atoms with van der Waals surface area (Å²) in [5.74, 6) is -0.657. The molecular weight excluding hydrogens is 369 g/mol. The molecule has 9 heteroatoms. The molecule has 134 valence electrons. The monoisotopic (exact) mass is 385 g/mol. The normalized spacial score (nSPS) is 18.5. The molecule has 1 atom stereocenters. The van der Waals surface area contributed by atoms with E-state index in [9.17, 15) is 12.8 Å². The van der Waals surface area contributed by atoms with E-state index in [2.05, 4.69) is 9.97 Å². The van der Waals surface area contributed by atoms with E-state index in [1.165, 1.54) is 10.4 Å². The maximum Gasteiger partial charge on any atom is 0.317 e. The first-order chi connectivity index (χ1) is 11.8. The van der Waals surface area contributed by atoms with Gasteiger partial charge in [0, 0.05) is 17.9 Å². The summed E-state index contributed by atoms with van der Waals surface area (Å²) in [6.45, 7) is 4.15. The average Bonchev–Trinajstić information content (AvgIpc) is 2.98. The molecule has 0 saturated carbocycles. The van der Waals surface area contributed by atoms with E-state index < -0.39 is 15.8 Å². The number of rotatable bonds is 4. The first kappa shape index (κ1) is 18.0. The third kappa shape index (κ3) is 3.91. The van der Waals surface area contributed by atoms with Crippen LogP contribution < -0.4 is 4.74 Å². The van der Waals surface area contributed by atoms with E-state index in [4.69, 9.17) is 16.3 Å². The molecule has 0 spiro atoms. The second-order valence-corrected chi connectivity index (χ2v) is 8.25. The molecule has 1 aromatic heterocycles. The fourth-order valence-corrected chi connectivity index (χ4v) is 4.45. The largest absolute Gasteiger partial charge is 0.459 e. The molecule has 0 radical (unpaired) electrons. The number of ether oxygens (including phenoxy) is 1. The Bertz CT molecular complexity index is 887. The summed E-state index contributed by atoms with van der Waals surface area (Å²) in [6, 6.07) is 5.44. The minimum Gasteiger partial charge on any atom is -0.459 e. The zero-order valence-electron chi connectivity index (χ0n) is 13.7. The fourth-order valence-electron chi connectivity index (χ4n) is 2.69. The van der Waals surface area contributed by atoms with Crippen LogP contribution in [0.2, 0.25) is 5.02 Å². The number of aryl methyl sites for hydroxylation is 2. The highest BCUT2D eigenvalue weighted by atomic mass is 35.5. The quantitative estimate of drug-likeness (QED) is 0.809. The van der Waals surface area contributed by atoms with Crippen molar-refractivity contribution in [2.75, 3.05) is 13.1 Å². The lowest BCUT2D eigenvalue weighted by atomic mass is 10.3. The molecule has 1 fully saturated rings. The lowest BCUT2D eigenvalue weighted by Crippen LogP contribution is -2.31. The lowest BCUT2D eigenvalue weighted by molar-refractivity contribution is 0.197. The number of halogens is 2. The van der Waals surface area contributed by atoms with Gasteiger partial charge in [0.1, 0.15) is 11.9 Å². The molecule has 0 amide bonds. The first-order valence-corrected chi connectivity index (χ1v) is 9.51. The van der Waals surface area contributed by atoms with E-state index >= 15 is 0 Å². The number of hydrogen-bond donors (Lipinski definition) is 0. The van der Waals surface area contributed by atoms with Gasteiger partial charge in [-0.3, -0.25) is 0 Å². The Morgan fingerprint density at radius 3 is 2.56 bits per heavy atom. The Labute approximate surface area is 150 Å². The summed E-state index contributed by atoms with van der Waals surface area (Å²) in [5, 5.41) is -0.225. The summed E-state index contributed by atoms with van der Waals surface area (Å²) < 4.78 is 45.6. The predicted molar refractivity (Wildman–Crippen MR) is 90.7 cm³/mol. The van der Waals surface area contributed by atoms with Gasteiger partial charge < -0.3 is 4.74 Å². The summed E-state index contributed by atoms with van der Waals surface area (Å²) in [7, 11) is -3.76. The third-order valence-electron chi connectivity index (χ3n) is 3.87. The van der Waals surface area contributed by atoms with Crippen molar-refractivity contribution in [2.24, 2.45) is 0 Å². The maximum absolute atomic E-state index is 13.3. The van der Waals surface area contributed by atoms with Crippen LogP contribution in [0.4, 0.5) is 4.39 Å². The Morgan fingerprint density at radius 1 is 1.24 bits per heavy atom. The van der Waals surface area contributed by atoms with Crippen molar-refractivity contribution in [1.82, 2.24) is 14.3 Å². The molecule has 1 saturated heterocycles. The molecule has 1 aliphatic heterocycles. The molecule has 1 aliphatic rings. The van der Waals surface area contributed by atoms with Gasteiger partial charge in [-0.05, 0) is 44.5 Å². The third-order valence-corrected chi connectivity index (χ3v) is 6.02. The maximum atomic E-state index is 13.3. The minimum atomic E-state index is -3.76. The topological polar surface area (TPSA) is 72.4 Å². The van der Waals surface area contributed by atoms with Gasteiger partial charge in [0.25, 0.3) is 0 Å². The van der Waals surface area contributed by atoms with E-state index in [-0.39, 0.29) is 28.6 Å². The Morgan fingerprint density at radius 2 is 1.92 bits per heavy atom. The van der Waals surface area contributed by atoms with Gasteiger partial charge in [0.2, 0.25) is 10.0 Å². The fraction of sp³-hybridized carbons (Fsp3) is 0.375. The van der Waals surface area contributed by atoms with Crippen molar-refractivity contribution in [3.63, 3.8) is 0 Å². The summed E-state index contributed by atoms with van der Waals surface area (Å²) in [5.41, 5.74) is 1.57. The highest BCUT2D eigenvalue weighted by Crippen LogP contribution is 2.26. The molecule has 0 N–H and O–H groups in total. The predicted octanol–water partition coefficient (Wildman–Crippen LogP) is 2.73. The van der Waals surface area contributed by atoms with Crippen LogP contribution in [0.3, 0.4) is 0 Å². The van der Waals surface area contributed by atoms with Crippen LogP contribution in [0.1, 0.15) is 17.8 Å². The lowest BCUT2D eigenvalue weighted by Gasteiger charge is -2.17. The Hall–Kier alpha value is -1.77. The van der Waals surface area contributed by atoms with Gasteiger partial charge >= 0.3 is 6.01 Å². The molecule has 6 nitrogen and oxygen atoms in total. The molecule has 2 heterocycles. The molecule has 0 bridgehead atoms. The van der Waals surface area contributed by atoms with E-state index in [1.807, 2.05) is 19.9 Å². The van der Waals surface area contributed by atoms with Gasteiger partial charge in [0.05, 0.1) is 16.5 Å². The zero-order chi connectivity index (χ0) is 18.2. The highest BCUT2D eigenvalue weighted by Gasteiger charge is 2.34. The van der Waals surface area contributed by atoms with Crippen LogP contribution in [-0.2, 0) is 10.0 Å². The van der Waals surface area contributed by atoms with Crippen molar-refractivity contribution < 1.29 is 17.5 Å². The number of aromatic nitrogens is 2. The number of sulfonamides is 1. The first-order valence-electron chi connectivity index (χ1n) is 7.70. The van der Waals surface area contributed by atoms with Crippen LogP contribution >= 0.6 is 11.6 Å². The van der Waals surface area contributed by atoms with Gasteiger partial charge in [0.15, 0.2) is 0 Å². The molecule has 1 aromatic carbocycles. The van der Waals surface area contributed by atoms with Crippen LogP contribution in [-0.4, -0.2) is 41.9 Å². The molecule has 0 unspecified atom stereocenters.